The van der Waals surface area contributed by atoms with Crippen molar-refractivity contribution >= 4 is 5.97 Å². The van der Waals surface area contributed by atoms with Crippen LogP contribution >= 0.6 is 0 Å². The number of hydrogen-bond acceptors (Lipinski definition) is 3. The van der Waals surface area contributed by atoms with Gasteiger partial charge >= 0.3 is 5.97 Å². The van der Waals surface area contributed by atoms with Crippen molar-refractivity contribution in [2.45, 2.75) is 24.7 Å². The van der Waals surface area contributed by atoms with Crippen LogP contribution in [0.15, 0.2) is 24.3 Å². The molecule has 1 fully saturated rings. The van der Waals surface area contributed by atoms with E-state index in [1.807, 2.05) is 24.3 Å². The molecule has 0 amide bonds. The smallest absolute Gasteiger partial charge is 0.304 e. The van der Waals surface area contributed by atoms with E-state index in [-0.39, 0.29) is 11.8 Å². The summed E-state index contributed by atoms with van der Waals surface area (Å²) in [6, 6.07) is 7.80. The third kappa shape index (κ3) is 2.64. The Morgan fingerprint density at radius 2 is 2.17 bits per heavy atom. The monoisotopic (exact) mass is 249 g/mol. The molecule has 1 saturated heterocycles. The number of nitrogens with one attached hydrogen (secondary N) is 1. The van der Waals surface area contributed by atoms with E-state index in [0.717, 1.165) is 37.2 Å². The van der Waals surface area contributed by atoms with Gasteiger partial charge in [0.15, 0.2) is 0 Å². The van der Waals surface area contributed by atoms with Crippen LogP contribution in [0.25, 0.3) is 0 Å². The zero-order valence-electron chi connectivity index (χ0n) is 10.6. The summed E-state index contributed by atoms with van der Waals surface area (Å²) in [5.41, 5.74) is 0.816. The van der Waals surface area contributed by atoms with Crippen LogP contribution in [0.4, 0.5) is 0 Å². The van der Waals surface area contributed by atoms with Crippen molar-refractivity contribution < 1.29 is 14.6 Å². The molecule has 0 aliphatic carbocycles. The third-order valence-corrected chi connectivity index (χ3v) is 3.73. The Morgan fingerprint density at radius 3 is 2.78 bits per heavy atom. The topological polar surface area (TPSA) is 58.6 Å². The molecule has 1 heterocycles. The van der Waals surface area contributed by atoms with Gasteiger partial charge in [-0.25, -0.2) is 0 Å². The Labute approximate surface area is 107 Å². The van der Waals surface area contributed by atoms with Crippen LogP contribution in [-0.2, 0) is 10.2 Å². The summed E-state index contributed by atoms with van der Waals surface area (Å²) in [7, 11) is 1.63. The zero-order chi connectivity index (χ0) is 13.0. The highest BCUT2D eigenvalue weighted by atomic mass is 16.5. The lowest BCUT2D eigenvalue weighted by Crippen LogP contribution is -2.41. The van der Waals surface area contributed by atoms with Crippen molar-refractivity contribution in [3.8, 4) is 5.75 Å². The molecule has 18 heavy (non-hydrogen) atoms. The zero-order valence-corrected chi connectivity index (χ0v) is 10.6. The fraction of sp³-hybridized carbons (Fsp3) is 0.500. The van der Waals surface area contributed by atoms with Gasteiger partial charge < -0.3 is 15.2 Å². The molecular formula is C14H19NO3. The van der Waals surface area contributed by atoms with E-state index in [9.17, 15) is 4.79 Å². The van der Waals surface area contributed by atoms with Crippen molar-refractivity contribution in [3.05, 3.63) is 29.8 Å². The number of piperidine rings is 1. The van der Waals surface area contributed by atoms with Crippen LogP contribution in [-0.4, -0.2) is 31.3 Å². The number of methoxy groups -OCH3 is 1. The Morgan fingerprint density at radius 1 is 1.44 bits per heavy atom. The summed E-state index contributed by atoms with van der Waals surface area (Å²) in [6.45, 7) is 1.73. The van der Waals surface area contributed by atoms with E-state index in [4.69, 9.17) is 9.84 Å². The summed E-state index contributed by atoms with van der Waals surface area (Å²) < 4.78 is 5.23. The van der Waals surface area contributed by atoms with Gasteiger partial charge in [0.25, 0.3) is 0 Å². The fourth-order valence-corrected chi connectivity index (χ4v) is 2.72. The first-order valence-electron chi connectivity index (χ1n) is 6.23. The lowest BCUT2D eigenvalue weighted by Gasteiger charge is -2.37. The second-order valence-electron chi connectivity index (χ2n) is 4.83. The molecule has 4 heteroatoms. The normalized spacial score (nSPS) is 18.3. The third-order valence-electron chi connectivity index (χ3n) is 3.73. The molecule has 4 nitrogen and oxygen atoms in total. The van der Waals surface area contributed by atoms with Gasteiger partial charge in [-0.15, -0.1) is 0 Å². The van der Waals surface area contributed by atoms with Crippen LogP contribution in [0.5, 0.6) is 5.75 Å². The first kappa shape index (κ1) is 12.9. The molecular weight excluding hydrogens is 230 g/mol. The lowest BCUT2D eigenvalue weighted by molar-refractivity contribution is -0.138. The van der Waals surface area contributed by atoms with Crippen LogP contribution in [0, 0.1) is 0 Å². The fourth-order valence-electron chi connectivity index (χ4n) is 2.72. The van der Waals surface area contributed by atoms with E-state index < -0.39 is 5.97 Å². The Bertz CT molecular complexity index is 425. The maximum atomic E-state index is 11.1. The summed E-state index contributed by atoms with van der Waals surface area (Å²) >= 11 is 0. The van der Waals surface area contributed by atoms with Gasteiger partial charge in [0.1, 0.15) is 5.75 Å². The van der Waals surface area contributed by atoms with Gasteiger partial charge in [0.2, 0.25) is 0 Å². The number of hydrogen-bond donors (Lipinski definition) is 2. The minimum absolute atomic E-state index is 0.182. The molecule has 1 aromatic carbocycles. The molecule has 0 atom stereocenters. The molecule has 2 rings (SSSR count). The molecule has 0 unspecified atom stereocenters. The molecule has 0 spiro atoms. The minimum Gasteiger partial charge on any atom is -0.497 e. The molecule has 0 saturated carbocycles. The van der Waals surface area contributed by atoms with E-state index in [1.54, 1.807) is 7.11 Å². The number of carboxylic acids is 1. The number of aliphatic carboxylic acids is 1. The second-order valence-corrected chi connectivity index (χ2v) is 4.83. The van der Waals surface area contributed by atoms with E-state index in [0.29, 0.717) is 0 Å². The highest BCUT2D eigenvalue weighted by molar-refractivity contribution is 5.69. The first-order valence-corrected chi connectivity index (χ1v) is 6.23. The highest BCUT2D eigenvalue weighted by Gasteiger charge is 2.36. The Hall–Kier alpha value is -1.55. The Kier molecular flexibility index (Phi) is 3.87. The summed E-state index contributed by atoms with van der Waals surface area (Å²) in [6.07, 6.45) is 1.89. The molecule has 0 aromatic heterocycles. The van der Waals surface area contributed by atoms with Gasteiger partial charge in [0.05, 0.1) is 13.5 Å². The number of benzene rings is 1. The summed E-state index contributed by atoms with van der Waals surface area (Å²) in [5, 5.41) is 12.5. The number of rotatable bonds is 4. The average Bonchev–Trinajstić information content (AvgIpc) is 2.39. The van der Waals surface area contributed by atoms with Crippen LogP contribution in [0.1, 0.15) is 24.8 Å². The predicted octanol–water partition coefficient (Wildman–Crippen LogP) is 1.79. The maximum absolute atomic E-state index is 11.1. The van der Waals surface area contributed by atoms with Crippen LogP contribution < -0.4 is 10.1 Å². The molecule has 0 radical (unpaired) electrons. The van der Waals surface area contributed by atoms with Crippen molar-refractivity contribution in [1.29, 1.82) is 0 Å². The lowest BCUT2D eigenvalue weighted by atomic mass is 9.71. The maximum Gasteiger partial charge on any atom is 0.304 e. The van der Waals surface area contributed by atoms with Gasteiger partial charge in [-0.3, -0.25) is 4.79 Å². The van der Waals surface area contributed by atoms with Crippen LogP contribution in [0.3, 0.4) is 0 Å². The molecule has 98 valence electrons. The Balaban J connectivity index is 2.34. The number of carboxylic acid groups (broad SMARTS) is 1. The minimum atomic E-state index is -0.736. The number of ether oxygens (including phenoxy) is 1. The van der Waals surface area contributed by atoms with Gasteiger partial charge in [-0.2, -0.15) is 0 Å². The first-order chi connectivity index (χ1) is 8.66. The van der Waals surface area contributed by atoms with E-state index >= 15 is 0 Å². The largest absolute Gasteiger partial charge is 0.497 e. The summed E-state index contributed by atoms with van der Waals surface area (Å²) in [4.78, 5) is 11.1. The van der Waals surface area contributed by atoms with Crippen molar-refractivity contribution in [1.82, 2.24) is 5.32 Å². The molecule has 2 N–H and O–H groups in total. The van der Waals surface area contributed by atoms with E-state index in [2.05, 4.69) is 5.32 Å². The SMILES string of the molecule is COc1cccc(C2(CC(=O)O)CCNCC2)c1. The van der Waals surface area contributed by atoms with Crippen LogP contribution in [0.2, 0.25) is 0 Å². The second kappa shape index (κ2) is 5.40. The molecule has 1 aliphatic rings. The van der Waals surface area contributed by atoms with Crippen molar-refractivity contribution in [2.75, 3.05) is 20.2 Å². The molecule has 1 aromatic rings. The van der Waals surface area contributed by atoms with Gasteiger partial charge in [0, 0.05) is 5.41 Å². The highest BCUT2D eigenvalue weighted by Crippen LogP contribution is 2.38. The summed E-state index contributed by atoms with van der Waals surface area (Å²) in [5.74, 6) is 0.0514. The van der Waals surface area contributed by atoms with Gasteiger partial charge in [-0.1, -0.05) is 12.1 Å². The quantitative estimate of drug-likeness (QED) is 0.854. The predicted molar refractivity (Wildman–Crippen MR) is 69.0 cm³/mol. The molecule has 1 aliphatic heterocycles. The van der Waals surface area contributed by atoms with Crippen molar-refractivity contribution in [3.63, 3.8) is 0 Å². The molecule has 0 bridgehead atoms. The van der Waals surface area contributed by atoms with Crippen molar-refractivity contribution in [2.24, 2.45) is 0 Å². The standard InChI is InChI=1S/C14H19NO3/c1-18-12-4-2-3-11(9-12)14(10-13(16)17)5-7-15-8-6-14/h2-4,9,15H,5-8,10H2,1H3,(H,16,17). The average molecular weight is 249 g/mol. The van der Waals surface area contributed by atoms with Gasteiger partial charge in [-0.05, 0) is 43.6 Å². The van der Waals surface area contributed by atoms with E-state index in [1.165, 1.54) is 0 Å². The number of carbonyl (C=O) groups is 1.